The minimum Gasteiger partial charge on any atom is -0.378 e. The molecule has 5 unspecified atom stereocenters. The zero-order valence-corrected chi connectivity index (χ0v) is 14.0. The Morgan fingerprint density at radius 3 is 2.77 bits per heavy atom. The van der Waals surface area contributed by atoms with Crippen molar-refractivity contribution >= 4 is 8.25 Å². The third-order valence-corrected chi connectivity index (χ3v) is 4.79. The molecule has 2 heterocycles. The van der Waals surface area contributed by atoms with Crippen LogP contribution < -0.4 is 16.8 Å². The van der Waals surface area contributed by atoms with Gasteiger partial charge in [-0.3, -0.25) is 5.32 Å². The quantitative estimate of drug-likeness (QED) is 0.445. The number of nitrogens with two attached hydrogens (primary N) is 2. The summed E-state index contributed by atoms with van der Waals surface area (Å²) in [6, 6.07) is -0.0912. The Kier molecular flexibility index (Phi) is 6.23. The molecule has 9 nitrogen and oxygen atoms in total. The molecule has 2 rings (SSSR count). The van der Waals surface area contributed by atoms with Gasteiger partial charge in [0, 0.05) is 23.6 Å². The van der Waals surface area contributed by atoms with Gasteiger partial charge in [0.1, 0.15) is 18.9 Å². The molecule has 0 aromatic rings. The van der Waals surface area contributed by atoms with Gasteiger partial charge in [-0.05, 0) is 6.92 Å². The van der Waals surface area contributed by atoms with E-state index in [-0.39, 0.29) is 43.1 Å². The molecule has 22 heavy (non-hydrogen) atoms. The number of nitrogens with zero attached hydrogens (tertiary/aromatic N) is 1. The maximum atomic E-state index is 10.7. The van der Waals surface area contributed by atoms with Crippen LogP contribution in [-0.4, -0.2) is 66.9 Å². The van der Waals surface area contributed by atoms with Crippen molar-refractivity contribution in [2.45, 2.75) is 50.5 Å². The number of ether oxygens (including phenoxy) is 2. The van der Waals surface area contributed by atoms with Gasteiger partial charge in [0.25, 0.3) is 0 Å². The molecular formula is C12H26N4O5P+. The number of hydrogen-bond donors (Lipinski definition) is 4. The molecule has 2 saturated heterocycles. The molecule has 0 aromatic heterocycles. The molecule has 2 fully saturated rings. The molecule has 0 aliphatic carbocycles. The highest BCUT2D eigenvalue weighted by Crippen LogP contribution is 2.34. The van der Waals surface area contributed by atoms with Crippen LogP contribution in [0.4, 0.5) is 0 Å². The summed E-state index contributed by atoms with van der Waals surface area (Å²) in [4.78, 5) is 10.8. The van der Waals surface area contributed by atoms with Gasteiger partial charge in [-0.1, -0.05) is 6.92 Å². The maximum absolute atomic E-state index is 10.7. The summed E-state index contributed by atoms with van der Waals surface area (Å²) < 4.78 is 27.0. The highest BCUT2D eigenvalue weighted by molar-refractivity contribution is 7.32. The smallest absolute Gasteiger partial charge is 0.378 e. The van der Waals surface area contributed by atoms with E-state index in [0.717, 1.165) is 0 Å². The standard InChI is InChI=1S/C12H25N4O5P/c1-6-10(19-3)8(4-20-22(17)18)21-12(6)16-5-15-9(7(2)13)11(16)14/h6-12,15H,4-5,13-14H2,1-3H3/p+1/t6?,7?,8-,9?,10-,11?,12-/m1/s1. The first-order chi connectivity index (χ1) is 10.4. The molecule has 8 atom stereocenters. The van der Waals surface area contributed by atoms with Crippen LogP contribution in [0.2, 0.25) is 0 Å². The molecule has 0 saturated carbocycles. The van der Waals surface area contributed by atoms with Gasteiger partial charge < -0.3 is 20.9 Å². The summed E-state index contributed by atoms with van der Waals surface area (Å²) in [5.74, 6) is 0.0369. The summed E-state index contributed by atoms with van der Waals surface area (Å²) in [7, 11) is -1.07. The molecule has 2 aliphatic heterocycles. The van der Waals surface area contributed by atoms with E-state index < -0.39 is 14.4 Å². The van der Waals surface area contributed by atoms with Gasteiger partial charge >= 0.3 is 8.25 Å². The van der Waals surface area contributed by atoms with Crippen molar-refractivity contribution in [2.75, 3.05) is 20.4 Å². The Hall–Kier alpha value is -0.220. The lowest BCUT2D eigenvalue weighted by Crippen LogP contribution is -2.54. The van der Waals surface area contributed by atoms with Crippen LogP contribution in [0, 0.1) is 5.92 Å². The zero-order valence-electron chi connectivity index (χ0n) is 13.1. The molecule has 2 aliphatic rings. The van der Waals surface area contributed by atoms with Crippen LogP contribution in [0.1, 0.15) is 13.8 Å². The minimum atomic E-state index is -2.66. The Balaban J connectivity index is 2.04. The van der Waals surface area contributed by atoms with Gasteiger partial charge in [0.2, 0.25) is 0 Å². The van der Waals surface area contributed by atoms with Crippen molar-refractivity contribution in [2.24, 2.45) is 17.4 Å². The predicted molar refractivity (Wildman–Crippen MR) is 79.7 cm³/mol. The fraction of sp³-hybridized carbons (Fsp3) is 1.00. The maximum Gasteiger partial charge on any atom is 0.694 e. The van der Waals surface area contributed by atoms with Crippen LogP contribution >= 0.6 is 8.25 Å². The minimum absolute atomic E-state index is 0.00171. The second-order valence-electron chi connectivity index (χ2n) is 5.91. The molecule has 0 bridgehead atoms. The van der Waals surface area contributed by atoms with Gasteiger partial charge in [0.05, 0.1) is 25.0 Å². The highest BCUT2D eigenvalue weighted by Gasteiger charge is 2.49. The van der Waals surface area contributed by atoms with E-state index >= 15 is 0 Å². The number of methoxy groups -OCH3 is 1. The van der Waals surface area contributed by atoms with Crippen molar-refractivity contribution < 1.29 is 23.5 Å². The van der Waals surface area contributed by atoms with E-state index in [1.807, 2.05) is 18.7 Å². The third kappa shape index (κ3) is 3.64. The van der Waals surface area contributed by atoms with E-state index in [4.69, 9.17) is 30.4 Å². The van der Waals surface area contributed by atoms with Crippen molar-refractivity contribution in [3.05, 3.63) is 0 Å². The van der Waals surface area contributed by atoms with Crippen LogP contribution in [0.3, 0.4) is 0 Å². The predicted octanol–water partition coefficient (Wildman–Crippen LogP) is -1.11. The van der Waals surface area contributed by atoms with Crippen molar-refractivity contribution in [1.29, 1.82) is 0 Å². The molecule has 10 heteroatoms. The fourth-order valence-electron chi connectivity index (χ4n) is 3.30. The van der Waals surface area contributed by atoms with Crippen molar-refractivity contribution in [3.8, 4) is 0 Å². The van der Waals surface area contributed by atoms with Gasteiger partial charge in [0.15, 0.2) is 0 Å². The first-order valence-electron chi connectivity index (χ1n) is 7.34. The highest BCUT2D eigenvalue weighted by atomic mass is 31.1. The number of nitrogens with one attached hydrogen (secondary N) is 1. The Bertz CT molecular complexity index is 402. The van der Waals surface area contributed by atoms with E-state index in [1.165, 1.54) is 0 Å². The summed E-state index contributed by atoms with van der Waals surface area (Å²) in [5, 5.41) is 3.29. The largest absolute Gasteiger partial charge is 0.694 e. The Morgan fingerprint density at radius 1 is 1.59 bits per heavy atom. The summed E-state index contributed by atoms with van der Waals surface area (Å²) in [6.45, 7) is 4.48. The van der Waals surface area contributed by atoms with Gasteiger partial charge in [-0.15, -0.1) is 9.42 Å². The second kappa shape index (κ2) is 7.57. The van der Waals surface area contributed by atoms with Crippen LogP contribution in [0.25, 0.3) is 0 Å². The first-order valence-corrected chi connectivity index (χ1v) is 8.47. The lowest BCUT2D eigenvalue weighted by atomic mass is 10.0. The normalized spacial score (nSPS) is 41.8. The molecule has 0 spiro atoms. The lowest BCUT2D eigenvalue weighted by molar-refractivity contribution is -0.0879. The summed E-state index contributed by atoms with van der Waals surface area (Å²) >= 11 is 0. The van der Waals surface area contributed by atoms with Crippen molar-refractivity contribution in [3.63, 3.8) is 0 Å². The van der Waals surface area contributed by atoms with Gasteiger partial charge in [-0.25, -0.2) is 4.90 Å². The van der Waals surface area contributed by atoms with E-state index in [2.05, 4.69) is 5.32 Å². The monoisotopic (exact) mass is 337 g/mol. The first kappa shape index (κ1) is 18.1. The number of hydrogen-bond acceptors (Lipinski definition) is 8. The SMILES string of the molecule is CO[C@@H]1C(C)[C@H](N2CNC(C(C)N)C2N)O[C@@H]1CO[P+](=O)O. The molecule has 0 aromatic carbocycles. The molecule has 0 amide bonds. The van der Waals surface area contributed by atoms with E-state index in [9.17, 15) is 4.57 Å². The second-order valence-corrected chi connectivity index (χ2v) is 6.64. The number of rotatable bonds is 6. The van der Waals surface area contributed by atoms with E-state index in [0.29, 0.717) is 6.67 Å². The molecule has 0 radical (unpaired) electrons. The third-order valence-electron chi connectivity index (χ3n) is 4.42. The Morgan fingerprint density at radius 2 is 2.27 bits per heavy atom. The molecular weight excluding hydrogens is 311 g/mol. The zero-order chi connectivity index (χ0) is 16.4. The Labute approximate surface area is 131 Å². The van der Waals surface area contributed by atoms with Crippen LogP contribution in [0.15, 0.2) is 0 Å². The van der Waals surface area contributed by atoms with Crippen LogP contribution in [0.5, 0.6) is 0 Å². The summed E-state index contributed by atoms with van der Waals surface area (Å²) in [6.07, 6.45) is -1.18. The summed E-state index contributed by atoms with van der Waals surface area (Å²) in [5.41, 5.74) is 12.2. The fourth-order valence-corrected chi connectivity index (χ4v) is 3.57. The molecule has 6 N–H and O–H groups in total. The van der Waals surface area contributed by atoms with Crippen LogP contribution in [-0.2, 0) is 18.6 Å². The topological polar surface area (TPSA) is 132 Å². The average molecular weight is 337 g/mol. The van der Waals surface area contributed by atoms with Gasteiger partial charge in [-0.2, -0.15) is 0 Å². The molecule has 128 valence electrons. The average Bonchev–Trinajstić information content (AvgIpc) is 2.96. The lowest BCUT2D eigenvalue weighted by Gasteiger charge is -2.31. The van der Waals surface area contributed by atoms with E-state index in [1.54, 1.807) is 7.11 Å². The van der Waals surface area contributed by atoms with Crippen molar-refractivity contribution in [1.82, 2.24) is 10.2 Å².